The molecule has 2 atom stereocenters. The van der Waals surface area contributed by atoms with Crippen molar-refractivity contribution in [1.82, 2.24) is 10.6 Å². The molecule has 0 unspecified atom stereocenters. The Balaban J connectivity index is 2.56. The molecule has 1 heterocycles. The Morgan fingerprint density at radius 3 is 2.50 bits per heavy atom. The van der Waals surface area contributed by atoms with Crippen LogP contribution >= 0.6 is 0 Å². The Labute approximate surface area is 67.9 Å². The summed E-state index contributed by atoms with van der Waals surface area (Å²) in [6, 6.07) is -1.90. The van der Waals surface area contributed by atoms with Gasteiger partial charge in [0.25, 0.3) is 0 Å². The number of hydrogen-bond donors (Lipinski definition) is 3. The molecule has 6 nitrogen and oxygen atoms in total. The summed E-state index contributed by atoms with van der Waals surface area (Å²) < 4.78 is 0. The first-order valence-corrected chi connectivity index (χ1v) is 3.32. The smallest absolute Gasteiger partial charge is 0.328 e. The third-order valence-corrected chi connectivity index (χ3v) is 1.54. The molecule has 66 valence electrons. The molecule has 0 spiro atoms. The zero-order valence-corrected chi connectivity index (χ0v) is 6.33. The van der Waals surface area contributed by atoms with Crippen molar-refractivity contribution in [2.45, 2.75) is 19.0 Å². The van der Waals surface area contributed by atoms with Crippen LogP contribution in [0.25, 0.3) is 0 Å². The molecular formula is C6H8N2O4. The zero-order chi connectivity index (χ0) is 9.30. The number of nitrogens with one attached hydrogen (secondary N) is 2. The molecule has 0 aliphatic carbocycles. The fourth-order valence-electron chi connectivity index (χ4n) is 0.954. The van der Waals surface area contributed by atoms with Crippen LogP contribution in [0.3, 0.4) is 0 Å². The lowest BCUT2D eigenvalue weighted by Crippen LogP contribution is -2.71. The number of amides is 2. The quantitative estimate of drug-likeness (QED) is 0.423. The van der Waals surface area contributed by atoms with E-state index in [-0.39, 0.29) is 0 Å². The molecular weight excluding hydrogens is 164 g/mol. The van der Waals surface area contributed by atoms with Crippen LogP contribution in [0.1, 0.15) is 6.92 Å². The van der Waals surface area contributed by atoms with E-state index in [4.69, 9.17) is 5.11 Å². The Bertz CT molecular complexity index is 250. The fraction of sp³-hybridized carbons (Fsp3) is 0.500. The van der Waals surface area contributed by atoms with Gasteiger partial charge in [0.15, 0.2) is 6.04 Å². The SMILES string of the molecule is CC(=O)N[C@H]1C(=O)N[C@H]1C(=O)O. The molecule has 2 amide bonds. The Hall–Kier alpha value is -1.59. The van der Waals surface area contributed by atoms with E-state index in [9.17, 15) is 14.4 Å². The molecule has 0 aromatic rings. The van der Waals surface area contributed by atoms with E-state index in [1.54, 1.807) is 0 Å². The molecule has 0 radical (unpaired) electrons. The molecule has 1 fully saturated rings. The zero-order valence-electron chi connectivity index (χ0n) is 6.33. The number of carboxylic acid groups (broad SMARTS) is 1. The second kappa shape index (κ2) is 2.80. The maximum Gasteiger partial charge on any atom is 0.328 e. The second-order valence-corrected chi connectivity index (χ2v) is 2.50. The molecule has 0 aromatic heterocycles. The highest BCUT2D eigenvalue weighted by molar-refractivity contribution is 6.01. The van der Waals surface area contributed by atoms with Crippen LogP contribution < -0.4 is 10.6 Å². The van der Waals surface area contributed by atoms with Crippen molar-refractivity contribution in [3.05, 3.63) is 0 Å². The van der Waals surface area contributed by atoms with Gasteiger partial charge in [-0.2, -0.15) is 0 Å². The van der Waals surface area contributed by atoms with Gasteiger partial charge in [0, 0.05) is 6.92 Å². The van der Waals surface area contributed by atoms with Crippen molar-refractivity contribution >= 4 is 17.8 Å². The van der Waals surface area contributed by atoms with E-state index in [1.807, 2.05) is 0 Å². The lowest BCUT2D eigenvalue weighted by Gasteiger charge is -2.33. The molecule has 6 heteroatoms. The second-order valence-electron chi connectivity index (χ2n) is 2.50. The molecule has 1 aliphatic rings. The highest BCUT2D eigenvalue weighted by Gasteiger charge is 2.44. The Morgan fingerprint density at radius 2 is 2.17 bits per heavy atom. The van der Waals surface area contributed by atoms with Crippen LogP contribution in [0.2, 0.25) is 0 Å². The van der Waals surface area contributed by atoms with Crippen molar-refractivity contribution in [3.8, 4) is 0 Å². The van der Waals surface area contributed by atoms with E-state index in [1.165, 1.54) is 6.92 Å². The minimum atomic E-state index is -1.15. The van der Waals surface area contributed by atoms with Gasteiger partial charge in [-0.3, -0.25) is 9.59 Å². The summed E-state index contributed by atoms with van der Waals surface area (Å²) in [6.07, 6.45) is 0. The number of aliphatic carboxylic acids is 1. The molecule has 12 heavy (non-hydrogen) atoms. The highest BCUT2D eigenvalue weighted by Crippen LogP contribution is 2.05. The molecule has 0 saturated carbocycles. The standard InChI is InChI=1S/C6H8N2O4/c1-2(9)7-3-4(6(11)12)8-5(3)10/h3-4H,1H3,(H,7,9)(H,8,10)(H,11,12)/t3-,4-/m1/s1. The van der Waals surface area contributed by atoms with Gasteiger partial charge in [-0.15, -0.1) is 0 Å². The van der Waals surface area contributed by atoms with Crippen LogP contribution in [-0.2, 0) is 14.4 Å². The molecule has 0 bridgehead atoms. The number of carbonyl (C=O) groups excluding carboxylic acids is 2. The third kappa shape index (κ3) is 1.36. The largest absolute Gasteiger partial charge is 0.480 e. The summed E-state index contributed by atoms with van der Waals surface area (Å²) in [5, 5.41) is 12.8. The van der Waals surface area contributed by atoms with Crippen LogP contribution in [0, 0.1) is 0 Å². The summed E-state index contributed by atoms with van der Waals surface area (Å²) in [5.41, 5.74) is 0. The fourth-order valence-corrected chi connectivity index (χ4v) is 0.954. The third-order valence-electron chi connectivity index (χ3n) is 1.54. The first-order valence-electron chi connectivity index (χ1n) is 3.32. The topological polar surface area (TPSA) is 95.5 Å². The Morgan fingerprint density at radius 1 is 1.58 bits per heavy atom. The van der Waals surface area contributed by atoms with E-state index in [0.29, 0.717) is 0 Å². The summed E-state index contributed by atoms with van der Waals surface area (Å²) >= 11 is 0. The van der Waals surface area contributed by atoms with Crippen molar-refractivity contribution in [2.75, 3.05) is 0 Å². The van der Waals surface area contributed by atoms with Crippen LogP contribution in [-0.4, -0.2) is 35.0 Å². The van der Waals surface area contributed by atoms with Crippen molar-refractivity contribution in [3.63, 3.8) is 0 Å². The number of β-lactam (4-membered cyclic amide) rings is 1. The van der Waals surface area contributed by atoms with E-state index in [0.717, 1.165) is 0 Å². The summed E-state index contributed by atoms with van der Waals surface area (Å²) in [7, 11) is 0. The number of carboxylic acids is 1. The minimum absolute atomic E-state index is 0.416. The van der Waals surface area contributed by atoms with Gasteiger partial charge in [-0.1, -0.05) is 0 Å². The van der Waals surface area contributed by atoms with Gasteiger partial charge in [-0.05, 0) is 0 Å². The van der Waals surface area contributed by atoms with Gasteiger partial charge in [0.2, 0.25) is 11.8 Å². The van der Waals surface area contributed by atoms with Crippen LogP contribution in [0.15, 0.2) is 0 Å². The first kappa shape index (κ1) is 8.51. The maximum absolute atomic E-state index is 10.7. The molecule has 0 aromatic carbocycles. The van der Waals surface area contributed by atoms with E-state index < -0.39 is 29.9 Å². The van der Waals surface area contributed by atoms with Gasteiger partial charge >= 0.3 is 5.97 Å². The summed E-state index contributed by atoms with van der Waals surface area (Å²) in [5.74, 6) is -2.02. The average Bonchev–Trinajstić information content (AvgIpc) is 1.95. The van der Waals surface area contributed by atoms with Gasteiger partial charge in [0.1, 0.15) is 6.04 Å². The van der Waals surface area contributed by atoms with E-state index in [2.05, 4.69) is 10.6 Å². The number of rotatable bonds is 2. The minimum Gasteiger partial charge on any atom is -0.480 e. The van der Waals surface area contributed by atoms with E-state index >= 15 is 0 Å². The lowest BCUT2D eigenvalue weighted by atomic mass is 9.99. The predicted molar refractivity (Wildman–Crippen MR) is 37.2 cm³/mol. The molecule has 1 aliphatic heterocycles. The summed E-state index contributed by atoms with van der Waals surface area (Å²) in [4.78, 5) is 31.5. The van der Waals surface area contributed by atoms with Gasteiger partial charge < -0.3 is 15.7 Å². The highest BCUT2D eigenvalue weighted by atomic mass is 16.4. The average molecular weight is 172 g/mol. The summed E-state index contributed by atoms with van der Waals surface area (Å²) in [6.45, 7) is 1.23. The lowest BCUT2D eigenvalue weighted by molar-refractivity contribution is -0.151. The maximum atomic E-state index is 10.7. The molecule has 1 saturated heterocycles. The number of hydrogen-bond acceptors (Lipinski definition) is 3. The van der Waals surface area contributed by atoms with Gasteiger partial charge in [0.05, 0.1) is 0 Å². The van der Waals surface area contributed by atoms with Crippen molar-refractivity contribution < 1.29 is 19.5 Å². The molecule has 3 N–H and O–H groups in total. The Kier molecular flexibility index (Phi) is 1.99. The van der Waals surface area contributed by atoms with Crippen LogP contribution in [0.4, 0.5) is 0 Å². The number of carbonyl (C=O) groups is 3. The molecule has 1 rings (SSSR count). The monoisotopic (exact) mass is 172 g/mol. The predicted octanol–water partition coefficient (Wildman–Crippen LogP) is -1.93. The first-order chi connectivity index (χ1) is 5.52. The van der Waals surface area contributed by atoms with Crippen molar-refractivity contribution in [1.29, 1.82) is 0 Å². The van der Waals surface area contributed by atoms with Crippen molar-refractivity contribution in [2.24, 2.45) is 0 Å². The van der Waals surface area contributed by atoms with Gasteiger partial charge in [-0.25, -0.2) is 4.79 Å². The van der Waals surface area contributed by atoms with Crippen LogP contribution in [0.5, 0.6) is 0 Å². The normalized spacial score (nSPS) is 26.9.